The van der Waals surface area contributed by atoms with Crippen molar-refractivity contribution in [2.45, 2.75) is 6.92 Å². The van der Waals surface area contributed by atoms with Crippen LogP contribution in [0.3, 0.4) is 0 Å². The van der Waals surface area contributed by atoms with E-state index in [4.69, 9.17) is 0 Å². The van der Waals surface area contributed by atoms with Gasteiger partial charge in [0.2, 0.25) is 0 Å². The summed E-state index contributed by atoms with van der Waals surface area (Å²) in [6.45, 7) is 1.25. The molecule has 2 aromatic carbocycles. The van der Waals surface area contributed by atoms with E-state index in [1.54, 1.807) is 0 Å². The minimum absolute atomic E-state index is 0.00921. The number of rotatable bonds is 5. The molecule has 0 saturated carbocycles. The van der Waals surface area contributed by atoms with Crippen LogP contribution in [-0.2, 0) is 4.74 Å². The van der Waals surface area contributed by atoms with E-state index in [0.29, 0.717) is 0 Å². The number of nitro groups is 2. The maximum atomic E-state index is 12.0. The molecular weight excluding hydrogens is 332 g/mol. The summed E-state index contributed by atoms with van der Waals surface area (Å²) in [6, 6.07) is 6.87. The molecule has 0 bridgehead atoms. The fourth-order valence-corrected chi connectivity index (χ4v) is 2.33. The second-order valence-electron chi connectivity index (χ2n) is 5.02. The van der Waals surface area contributed by atoms with Gasteiger partial charge in [0.25, 0.3) is 11.4 Å². The highest BCUT2D eigenvalue weighted by atomic mass is 16.6. The summed E-state index contributed by atoms with van der Waals surface area (Å²) in [4.78, 5) is 44.6. The molecule has 0 spiro atoms. The van der Waals surface area contributed by atoms with Gasteiger partial charge < -0.3 is 4.74 Å². The summed E-state index contributed by atoms with van der Waals surface area (Å²) in [5.41, 5.74) is -0.543. The van der Waals surface area contributed by atoms with Crippen molar-refractivity contribution in [3.8, 4) is 11.1 Å². The van der Waals surface area contributed by atoms with Crippen molar-refractivity contribution >= 4 is 23.1 Å². The molecule has 2 aromatic rings. The molecule has 0 aliphatic carbocycles. The zero-order chi connectivity index (χ0) is 18.7. The number of Topliss-reactive ketones (excluding diaryl/α,β-unsaturated/α-hetero) is 1. The number of carbonyl (C=O) groups is 2. The Labute approximate surface area is 141 Å². The third kappa shape index (κ3) is 3.50. The van der Waals surface area contributed by atoms with Gasteiger partial charge >= 0.3 is 5.97 Å². The molecule has 0 radical (unpaired) electrons. The van der Waals surface area contributed by atoms with Crippen molar-refractivity contribution in [2.24, 2.45) is 0 Å². The monoisotopic (exact) mass is 344 g/mol. The first-order valence-corrected chi connectivity index (χ1v) is 6.92. The van der Waals surface area contributed by atoms with Crippen molar-refractivity contribution in [1.29, 1.82) is 0 Å². The number of hydrogen-bond donors (Lipinski definition) is 0. The molecule has 0 fully saturated rings. The molecule has 2 rings (SSSR count). The standard InChI is InChI=1S/C16H12N2O7/c1-9(19)12-5-3-10(17(21)22)7-14(12)15-8-11(18(23)24)4-6-13(15)16(20)25-2/h3-8H,1-2H3. The lowest BCUT2D eigenvalue weighted by atomic mass is 9.92. The van der Waals surface area contributed by atoms with Crippen molar-refractivity contribution in [3.05, 3.63) is 67.8 Å². The molecule has 0 aliphatic heterocycles. The lowest BCUT2D eigenvalue weighted by molar-refractivity contribution is -0.385. The molecule has 0 aliphatic rings. The highest BCUT2D eigenvalue weighted by Gasteiger charge is 2.23. The van der Waals surface area contributed by atoms with E-state index in [0.717, 1.165) is 31.4 Å². The summed E-state index contributed by atoms with van der Waals surface area (Å²) in [5, 5.41) is 22.1. The predicted octanol–water partition coefficient (Wildman–Crippen LogP) is 3.16. The van der Waals surface area contributed by atoms with Gasteiger partial charge in [-0.05, 0) is 19.1 Å². The van der Waals surface area contributed by atoms with Crippen molar-refractivity contribution < 1.29 is 24.2 Å². The summed E-state index contributed by atoms with van der Waals surface area (Å²) in [5.74, 6) is -1.20. The number of nitro benzene ring substituents is 2. The van der Waals surface area contributed by atoms with E-state index in [9.17, 15) is 29.8 Å². The van der Waals surface area contributed by atoms with Crippen LogP contribution >= 0.6 is 0 Å². The second-order valence-corrected chi connectivity index (χ2v) is 5.02. The molecule has 9 heteroatoms. The topological polar surface area (TPSA) is 130 Å². The quantitative estimate of drug-likeness (QED) is 0.352. The molecule has 0 saturated heterocycles. The molecule has 9 nitrogen and oxygen atoms in total. The summed E-state index contributed by atoms with van der Waals surface area (Å²) in [7, 11) is 1.13. The summed E-state index contributed by atoms with van der Waals surface area (Å²) < 4.78 is 4.65. The predicted molar refractivity (Wildman–Crippen MR) is 86.5 cm³/mol. The first-order chi connectivity index (χ1) is 11.8. The molecule has 0 unspecified atom stereocenters. The molecule has 128 valence electrons. The van der Waals surface area contributed by atoms with Gasteiger partial charge in [0.15, 0.2) is 5.78 Å². The lowest BCUT2D eigenvalue weighted by Crippen LogP contribution is -2.06. The molecule has 0 atom stereocenters. The number of esters is 1. The number of ether oxygens (including phenoxy) is 1. The van der Waals surface area contributed by atoms with E-state index in [2.05, 4.69) is 4.74 Å². The zero-order valence-corrected chi connectivity index (χ0v) is 13.2. The normalized spacial score (nSPS) is 10.2. The van der Waals surface area contributed by atoms with Crippen LogP contribution in [0, 0.1) is 20.2 Å². The van der Waals surface area contributed by atoms with Gasteiger partial charge in [-0.3, -0.25) is 25.0 Å². The average Bonchev–Trinajstić information content (AvgIpc) is 2.59. The smallest absolute Gasteiger partial charge is 0.338 e. The van der Waals surface area contributed by atoms with Crippen LogP contribution in [0.25, 0.3) is 11.1 Å². The van der Waals surface area contributed by atoms with E-state index in [1.165, 1.54) is 19.1 Å². The Kier molecular flexibility index (Phi) is 4.87. The zero-order valence-electron chi connectivity index (χ0n) is 13.2. The molecule has 0 amide bonds. The number of carbonyl (C=O) groups excluding carboxylic acids is 2. The van der Waals surface area contributed by atoms with E-state index < -0.39 is 21.6 Å². The fraction of sp³-hybridized carbons (Fsp3) is 0.125. The average molecular weight is 344 g/mol. The molecule has 0 N–H and O–H groups in total. The number of methoxy groups -OCH3 is 1. The number of nitrogens with zero attached hydrogens (tertiary/aromatic N) is 2. The van der Waals surface area contributed by atoms with Gasteiger partial charge in [-0.2, -0.15) is 0 Å². The number of hydrogen-bond acceptors (Lipinski definition) is 7. The Morgan fingerprint density at radius 2 is 1.32 bits per heavy atom. The number of ketones is 1. The van der Waals surface area contributed by atoms with Gasteiger partial charge in [0.05, 0.1) is 22.5 Å². The number of benzene rings is 2. The Balaban J connectivity index is 2.86. The highest BCUT2D eigenvalue weighted by molar-refractivity contribution is 6.05. The maximum absolute atomic E-state index is 12.0. The SMILES string of the molecule is COC(=O)c1ccc([N+](=O)[O-])cc1-c1cc([N+](=O)[O-])ccc1C(C)=O. The minimum atomic E-state index is -0.786. The van der Waals surface area contributed by atoms with Gasteiger partial charge in [0.1, 0.15) is 0 Å². The van der Waals surface area contributed by atoms with Crippen LogP contribution in [0.4, 0.5) is 11.4 Å². The highest BCUT2D eigenvalue weighted by Crippen LogP contribution is 2.34. The van der Waals surface area contributed by atoms with Crippen molar-refractivity contribution in [2.75, 3.05) is 7.11 Å². The van der Waals surface area contributed by atoms with Gasteiger partial charge in [-0.1, -0.05) is 0 Å². The first kappa shape index (κ1) is 17.7. The van der Waals surface area contributed by atoms with Crippen LogP contribution in [0.5, 0.6) is 0 Å². The second kappa shape index (κ2) is 6.87. The number of non-ortho nitro benzene ring substituents is 2. The Morgan fingerprint density at radius 1 is 0.880 bits per heavy atom. The third-order valence-electron chi connectivity index (χ3n) is 3.50. The van der Waals surface area contributed by atoms with Gasteiger partial charge in [-0.25, -0.2) is 4.79 Å². The van der Waals surface area contributed by atoms with Crippen LogP contribution in [0.2, 0.25) is 0 Å². The summed E-state index contributed by atoms with van der Waals surface area (Å²) >= 11 is 0. The fourth-order valence-electron chi connectivity index (χ4n) is 2.33. The van der Waals surface area contributed by atoms with Crippen molar-refractivity contribution in [1.82, 2.24) is 0 Å². The lowest BCUT2D eigenvalue weighted by Gasteiger charge is -2.11. The molecular formula is C16H12N2O7. The van der Waals surface area contributed by atoms with E-state index in [-0.39, 0.29) is 33.6 Å². The van der Waals surface area contributed by atoms with E-state index >= 15 is 0 Å². The third-order valence-corrected chi connectivity index (χ3v) is 3.50. The first-order valence-electron chi connectivity index (χ1n) is 6.92. The van der Waals surface area contributed by atoms with Gasteiger partial charge in [-0.15, -0.1) is 0 Å². The van der Waals surface area contributed by atoms with Crippen molar-refractivity contribution in [3.63, 3.8) is 0 Å². The molecule has 0 heterocycles. The Morgan fingerprint density at radius 3 is 1.72 bits per heavy atom. The minimum Gasteiger partial charge on any atom is -0.465 e. The van der Waals surface area contributed by atoms with E-state index in [1.807, 2.05) is 0 Å². The van der Waals surface area contributed by atoms with Crippen LogP contribution in [0.15, 0.2) is 36.4 Å². The molecule has 0 aromatic heterocycles. The van der Waals surface area contributed by atoms with Crippen LogP contribution in [0.1, 0.15) is 27.6 Å². The van der Waals surface area contributed by atoms with Gasteiger partial charge in [0, 0.05) is 41.0 Å². The Hall–Kier alpha value is -3.62. The summed E-state index contributed by atoms with van der Waals surface area (Å²) in [6.07, 6.45) is 0. The Bertz CT molecular complexity index is 905. The van der Waals surface area contributed by atoms with Crippen LogP contribution < -0.4 is 0 Å². The largest absolute Gasteiger partial charge is 0.465 e. The molecule has 25 heavy (non-hydrogen) atoms. The van der Waals surface area contributed by atoms with Crippen LogP contribution in [-0.4, -0.2) is 28.7 Å². The maximum Gasteiger partial charge on any atom is 0.338 e.